The summed E-state index contributed by atoms with van der Waals surface area (Å²) in [7, 11) is 0. The molecule has 8 heteroatoms. The summed E-state index contributed by atoms with van der Waals surface area (Å²) >= 11 is 0. The summed E-state index contributed by atoms with van der Waals surface area (Å²) in [5, 5.41) is 48.7. The first-order valence-corrected chi connectivity index (χ1v) is 9.26. The number of nitrogens with one attached hydrogen (secondary N) is 1. The van der Waals surface area contributed by atoms with Crippen molar-refractivity contribution in [2.24, 2.45) is 0 Å². The second-order valence-corrected chi connectivity index (χ2v) is 6.42. The number of carbonyl (C=O) groups excluding carboxylic acids is 1. The Bertz CT molecular complexity index is 836. The Balaban J connectivity index is 0.000000291. The van der Waals surface area contributed by atoms with Crippen molar-refractivity contribution in [3.05, 3.63) is 42.0 Å². The molecule has 2 aromatic carbocycles. The number of phenolic OH excluding ortho intramolecular Hbond substituents is 4. The first-order valence-electron chi connectivity index (χ1n) is 9.26. The number of benzene rings is 2. The molecule has 0 aromatic heterocycles. The van der Waals surface area contributed by atoms with E-state index in [4.69, 9.17) is 10.2 Å². The van der Waals surface area contributed by atoms with Crippen molar-refractivity contribution in [3.8, 4) is 23.0 Å². The van der Waals surface area contributed by atoms with Gasteiger partial charge in [0, 0.05) is 18.1 Å². The summed E-state index contributed by atoms with van der Waals surface area (Å²) < 4.78 is 0. The van der Waals surface area contributed by atoms with Gasteiger partial charge in [0.1, 0.15) is 23.0 Å². The summed E-state index contributed by atoms with van der Waals surface area (Å²) in [5.74, 6) is -2.09. The second kappa shape index (κ2) is 11.4. The van der Waals surface area contributed by atoms with E-state index in [0.29, 0.717) is 19.3 Å². The highest BCUT2D eigenvalue weighted by Gasteiger charge is 2.22. The summed E-state index contributed by atoms with van der Waals surface area (Å²) in [4.78, 5) is 22.1. The van der Waals surface area contributed by atoms with Crippen molar-refractivity contribution in [2.45, 2.75) is 45.4 Å². The quantitative estimate of drug-likeness (QED) is 0.302. The minimum atomic E-state index is -0.988. The topological polar surface area (TPSA) is 147 Å². The van der Waals surface area contributed by atoms with Crippen molar-refractivity contribution in [2.75, 3.05) is 5.32 Å². The van der Waals surface area contributed by atoms with E-state index < -0.39 is 11.9 Å². The molecule has 0 fully saturated rings. The molecule has 0 aliphatic heterocycles. The maximum Gasteiger partial charge on any atom is 0.311 e. The number of hydrogen-bond acceptors (Lipinski definition) is 6. The van der Waals surface area contributed by atoms with E-state index in [-0.39, 0.29) is 40.2 Å². The molecule has 0 aliphatic rings. The predicted molar refractivity (Wildman–Crippen MR) is 108 cm³/mol. The maximum atomic E-state index is 11.2. The fourth-order valence-electron chi connectivity index (χ4n) is 2.59. The molecule has 29 heavy (non-hydrogen) atoms. The van der Waals surface area contributed by atoms with Crippen LogP contribution in [-0.4, -0.2) is 37.4 Å². The van der Waals surface area contributed by atoms with Crippen LogP contribution in [0.15, 0.2) is 36.4 Å². The lowest BCUT2D eigenvalue weighted by Crippen LogP contribution is -2.11. The van der Waals surface area contributed by atoms with E-state index in [1.165, 1.54) is 36.4 Å². The molecule has 1 unspecified atom stereocenters. The Morgan fingerprint density at radius 2 is 1.48 bits per heavy atom. The third kappa shape index (κ3) is 7.61. The van der Waals surface area contributed by atoms with Crippen LogP contribution in [0.4, 0.5) is 5.69 Å². The van der Waals surface area contributed by atoms with E-state index in [0.717, 1.165) is 6.42 Å². The van der Waals surface area contributed by atoms with E-state index in [2.05, 4.69) is 5.32 Å². The summed E-state index contributed by atoms with van der Waals surface area (Å²) in [5.41, 5.74) is 0.507. The van der Waals surface area contributed by atoms with Crippen molar-refractivity contribution in [1.29, 1.82) is 0 Å². The van der Waals surface area contributed by atoms with Gasteiger partial charge < -0.3 is 30.8 Å². The first-order chi connectivity index (χ1) is 13.7. The van der Waals surface area contributed by atoms with E-state index >= 15 is 0 Å². The van der Waals surface area contributed by atoms with Crippen molar-refractivity contribution in [3.63, 3.8) is 0 Å². The van der Waals surface area contributed by atoms with Crippen LogP contribution in [0.3, 0.4) is 0 Å². The minimum Gasteiger partial charge on any atom is -0.508 e. The molecule has 6 N–H and O–H groups in total. The molecule has 0 aliphatic carbocycles. The lowest BCUT2D eigenvalue weighted by molar-refractivity contribution is -0.139. The average molecular weight is 405 g/mol. The lowest BCUT2D eigenvalue weighted by Gasteiger charge is -2.13. The van der Waals surface area contributed by atoms with Gasteiger partial charge in [0.15, 0.2) is 0 Å². The normalized spacial score (nSPS) is 11.1. The number of anilines is 1. The third-order valence-electron chi connectivity index (χ3n) is 3.99. The number of amides is 1. The Morgan fingerprint density at radius 3 is 2.03 bits per heavy atom. The number of carboxylic acid groups (broad SMARTS) is 1. The van der Waals surface area contributed by atoms with Crippen LogP contribution in [0.1, 0.15) is 51.0 Å². The van der Waals surface area contributed by atoms with Crippen LogP contribution in [0.2, 0.25) is 0 Å². The zero-order valence-electron chi connectivity index (χ0n) is 16.4. The summed E-state index contributed by atoms with van der Waals surface area (Å²) in [6.45, 7) is 3.76. The van der Waals surface area contributed by atoms with Gasteiger partial charge in [-0.1, -0.05) is 20.3 Å². The standard InChI is InChI=1S/C11H14O4.C10H13NO3/c1-2-3-8(11(14)15)9-6-7(12)4-5-10(9)13;1-2-3-10(14)11-8-6-7(12)4-5-9(8)13/h4-6,8,12-13H,2-3H2,1H3,(H,14,15);4-6,12-13H,2-3H2,1H3,(H,11,14). The molecule has 8 nitrogen and oxygen atoms in total. The van der Waals surface area contributed by atoms with Gasteiger partial charge in [-0.05, 0) is 43.2 Å². The molecule has 0 bridgehead atoms. The molecule has 0 saturated heterocycles. The average Bonchev–Trinajstić information content (AvgIpc) is 2.65. The van der Waals surface area contributed by atoms with Gasteiger partial charge in [-0.25, -0.2) is 0 Å². The number of phenols is 4. The summed E-state index contributed by atoms with van der Waals surface area (Å²) in [6.07, 6.45) is 2.28. The number of carbonyl (C=O) groups is 2. The Kier molecular flexibility index (Phi) is 9.31. The van der Waals surface area contributed by atoms with Gasteiger partial charge >= 0.3 is 5.97 Å². The van der Waals surface area contributed by atoms with Crippen LogP contribution in [0, 0.1) is 0 Å². The lowest BCUT2D eigenvalue weighted by atomic mass is 9.93. The smallest absolute Gasteiger partial charge is 0.311 e. The first kappa shape index (κ1) is 23.6. The molecule has 0 radical (unpaired) electrons. The largest absolute Gasteiger partial charge is 0.508 e. The number of aromatic hydroxyl groups is 4. The molecular formula is C21H27NO7. The monoisotopic (exact) mass is 405 g/mol. The third-order valence-corrected chi connectivity index (χ3v) is 3.99. The molecule has 2 aromatic rings. The second-order valence-electron chi connectivity index (χ2n) is 6.42. The van der Waals surface area contributed by atoms with Gasteiger partial charge in [0.2, 0.25) is 5.91 Å². The molecule has 158 valence electrons. The highest BCUT2D eigenvalue weighted by atomic mass is 16.4. The SMILES string of the molecule is CCCC(=O)Nc1cc(O)ccc1O.CCCC(C(=O)O)c1cc(O)ccc1O. The van der Waals surface area contributed by atoms with Crippen LogP contribution >= 0.6 is 0 Å². The Morgan fingerprint density at radius 1 is 0.897 bits per heavy atom. The maximum absolute atomic E-state index is 11.2. The van der Waals surface area contributed by atoms with Gasteiger partial charge in [-0.3, -0.25) is 9.59 Å². The zero-order chi connectivity index (χ0) is 22.0. The molecule has 0 saturated carbocycles. The highest BCUT2D eigenvalue weighted by Crippen LogP contribution is 2.32. The van der Waals surface area contributed by atoms with Crippen molar-refractivity contribution in [1.82, 2.24) is 0 Å². The van der Waals surface area contributed by atoms with Crippen LogP contribution in [-0.2, 0) is 9.59 Å². The number of hydrogen-bond donors (Lipinski definition) is 6. The number of carboxylic acids is 1. The Labute approximate surface area is 169 Å². The van der Waals surface area contributed by atoms with Crippen molar-refractivity contribution >= 4 is 17.6 Å². The zero-order valence-corrected chi connectivity index (χ0v) is 16.4. The van der Waals surface area contributed by atoms with Gasteiger partial charge in [-0.2, -0.15) is 0 Å². The molecule has 0 heterocycles. The minimum absolute atomic E-state index is 0.00889. The van der Waals surface area contributed by atoms with Crippen LogP contribution < -0.4 is 5.32 Å². The molecule has 1 atom stereocenters. The molecule has 0 spiro atoms. The van der Waals surface area contributed by atoms with Crippen molar-refractivity contribution < 1.29 is 35.1 Å². The predicted octanol–water partition coefficient (Wildman–Crippen LogP) is 3.90. The fraction of sp³-hybridized carbons (Fsp3) is 0.333. The molecule has 2 rings (SSSR count). The summed E-state index contributed by atoms with van der Waals surface area (Å²) in [6, 6.07) is 7.91. The number of aliphatic carboxylic acids is 1. The molecule has 1 amide bonds. The van der Waals surface area contributed by atoms with Gasteiger partial charge in [0.05, 0.1) is 11.6 Å². The molecular weight excluding hydrogens is 378 g/mol. The fourth-order valence-corrected chi connectivity index (χ4v) is 2.59. The van der Waals surface area contributed by atoms with Crippen LogP contribution in [0.25, 0.3) is 0 Å². The number of rotatable bonds is 7. The van der Waals surface area contributed by atoms with Crippen LogP contribution in [0.5, 0.6) is 23.0 Å². The van der Waals surface area contributed by atoms with E-state index in [1.807, 2.05) is 13.8 Å². The van der Waals surface area contributed by atoms with Gasteiger partial charge in [-0.15, -0.1) is 0 Å². The van der Waals surface area contributed by atoms with Gasteiger partial charge in [0.25, 0.3) is 0 Å². The van der Waals surface area contributed by atoms with E-state index in [9.17, 15) is 24.9 Å². The van der Waals surface area contributed by atoms with E-state index in [1.54, 1.807) is 0 Å². The Hall–Kier alpha value is -3.42. The highest BCUT2D eigenvalue weighted by molar-refractivity contribution is 5.92.